The smallest absolute Gasteiger partial charge is 0.0541 e. The first kappa shape index (κ1) is 38.1. The molecule has 0 atom stereocenters. The highest BCUT2D eigenvalue weighted by Gasteiger charge is 2.18. The van der Waals surface area contributed by atoms with Crippen LogP contribution in [0.2, 0.25) is 0 Å². The van der Waals surface area contributed by atoms with Crippen LogP contribution in [0.3, 0.4) is 0 Å². The second kappa shape index (κ2) is 14.8. The molecule has 13 aromatic rings. The summed E-state index contributed by atoms with van der Waals surface area (Å²) in [4.78, 5) is 0. The van der Waals surface area contributed by atoms with Crippen molar-refractivity contribution in [2.45, 2.75) is 20.8 Å². The lowest BCUT2D eigenvalue weighted by Crippen LogP contribution is -1.98. The van der Waals surface area contributed by atoms with Gasteiger partial charge in [-0.15, -0.1) is 0 Å². The summed E-state index contributed by atoms with van der Waals surface area (Å²) in [5.74, 6) is 0. The lowest BCUT2D eigenvalue weighted by Gasteiger charge is -2.18. The summed E-state index contributed by atoms with van der Waals surface area (Å²) >= 11 is 0. The van der Waals surface area contributed by atoms with Gasteiger partial charge in [0, 0.05) is 49.4 Å². The van der Waals surface area contributed by atoms with Crippen molar-refractivity contribution in [3.8, 4) is 50.4 Å². The summed E-state index contributed by atoms with van der Waals surface area (Å²) in [5, 5.41) is 7.62. The molecular formula is C63H45N3. The topological polar surface area (TPSA) is 14.8 Å². The van der Waals surface area contributed by atoms with Crippen LogP contribution < -0.4 is 0 Å². The Hall–Kier alpha value is -8.40. The lowest BCUT2D eigenvalue weighted by atomic mass is 9.89. The van der Waals surface area contributed by atoms with E-state index in [4.69, 9.17) is 0 Å². The van der Waals surface area contributed by atoms with Crippen LogP contribution in [0.25, 0.3) is 116 Å². The summed E-state index contributed by atoms with van der Waals surface area (Å²) in [6.07, 6.45) is 0. The molecule has 0 aliphatic carbocycles. The molecule has 13 rings (SSSR count). The number of aromatic nitrogens is 3. The molecule has 0 bridgehead atoms. The second-order valence-corrected chi connectivity index (χ2v) is 17.9. The standard InChI is InChI=1S/C63H45N3/c1-40-34-46(64-58-22-10-4-16-52(58)53-17-5-11-23-59(53)64)28-31-49(40)43-37-44(50-32-29-47(35-41(50)2)65-60-24-12-6-18-54(60)55-19-7-13-25-61(55)65)39-45(38-43)51-33-30-48(36-42(51)3)66-62-26-14-8-20-56(62)57-21-9-15-27-63(57)66/h4-39H,1-3H3. The Kier molecular flexibility index (Phi) is 8.56. The quantitative estimate of drug-likeness (QED) is 0.158. The van der Waals surface area contributed by atoms with Crippen LogP contribution in [-0.4, -0.2) is 13.7 Å². The summed E-state index contributed by atoms with van der Waals surface area (Å²) in [6, 6.07) is 80.6. The van der Waals surface area contributed by atoms with E-state index in [0.717, 1.165) is 17.1 Å². The van der Waals surface area contributed by atoms with Crippen molar-refractivity contribution in [3.05, 3.63) is 235 Å². The van der Waals surface area contributed by atoms with Gasteiger partial charge >= 0.3 is 0 Å². The van der Waals surface area contributed by atoms with Crippen LogP contribution in [-0.2, 0) is 0 Å². The molecule has 3 nitrogen and oxygen atoms in total. The maximum absolute atomic E-state index is 2.41. The van der Waals surface area contributed by atoms with Gasteiger partial charge in [0.15, 0.2) is 0 Å². The van der Waals surface area contributed by atoms with Crippen molar-refractivity contribution >= 4 is 65.4 Å². The molecule has 0 saturated heterocycles. The average molecular weight is 844 g/mol. The first-order valence-electron chi connectivity index (χ1n) is 22.9. The molecule has 3 aromatic heterocycles. The molecule has 312 valence electrons. The maximum Gasteiger partial charge on any atom is 0.0541 e. The van der Waals surface area contributed by atoms with Crippen molar-refractivity contribution in [2.75, 3.05) is 0 Å². The van der Waals surface area contributed by atoms with E-state index in [9.17, 15) is 0 Å². The zero-order chi connectivity index (χ0) is 44.0. The number of para-hydroxylation sites is 6. The number of aryl methyl sites for hydroxylation is 3. The molecule has 0 aliphatic rings. The Bertz CT molecular complexity index is 3500. The minimum absolute atomic E-state index is 1.16. The summed E-state index contributed by atoms with van der Waals surface area (Å²) < 4.78 is 7.23. The van der Waals surface area contributed by atoms with E-state index in [2.05, 4.69) is 253 Å². The molecule has 0 spiro atoms. The van der Waals surface area contributed by atoms with Crippen LogP contribution in [0.5, 0.6) is 0 Å². The zero-order valence-corrected chi connectivity index (χ0v) is 37.1. The average Bonchev–Trinajstić information content (AvgIpc) is 4.00. The van der Waals surface area contributed by atoms with Crippen LogP contribution in [0, 0.1) is 20.8 Å². The van der Waals surface area contributed by atoms with E-state index in [-0.39, 0.29) is 0 Å². The van der Waals surface area contributed by atoms with Crippen molar-refractivity contribution in [2.24, 2.45) is 0 Å². The van der Waals surface area contributed by atoms with Crippen LogP contribution in [0.4, 0.5) is 0 Å². The van der Waals surface area contributed by atoms with E-state index in [1.54, 1.807) is 0 Å². The number of benzene rings is 10. The molecule has 10 aromatic carbocycles. The minimum atomic E-state index is 1.16. The number of fused-ring (bicyclic) bond motifs is 9. The Labute approximate surface area is 383 Å². The van der Waals surface area contributed by atoms with Crippen molar-refractivity contribution in [1.29, 1.82) is 0 Å². The molecule has 0 amide bonds. The number of hydrogen-bond donors (Lipinski definition) is 0. The van der Waals surface area contributed by atoms with Crippen LogP contribution in [0.1, 0.15) is 16.7 Å². The number of hydrogen-bond acceptors (Lipinski definition) is 0. The lowest BCUT2D eigenvalue weighted by molar-refractivity contribution is 1.17. The van der Waals surface area contributed by atoms with E-state index in [1.165, 1.54) is 115 Å². The molecule has 0 radical (unpaired) electrons. The SMILES string of the molecule is Cc1cc(-n2c3ccccc3c3ccccc32)ccc1-c1cc(-c2ccc(-n3c4ccccc4c4ccccc43)cc2C)cc(-c2ccc(-n3c4ccccc4c4ccccc43)cc2C)c1. The van der Waals surface area contributed by atoms with Crippen LogP contribution in [0.15, 0.2) is 218 Å². The van der Waals surface area contributed by atoms with Gasteiger partial charge in [0.25, 0.3) is 0 Å². The first-order chi connectivity index (χ1) is 32.5. The molecule has 0 N–H and O–H groups in total. The van der Waals surface area contributed by atoms with Gasteiger partial charge in [-0.25, -0.2) is 0 Å². The number of nitrogens with zero attached hydrogens (tertiary/aromatic N) is 3. The molecular weight excluding hydrogens is 799 g/mol. The molecule has 0 saturated carbocycles. The Morgan fingerprint density at radius 1 is 0.227 bits per heavy atom. The molecule has 3 heteroatoms. The monoisotopic (exact) mass is 843 g/mol. The summed E-state index contributed by atoms with van der Waals surface area (Å²) in [7, 11) is 0. The predicted molar refractivity (Wildman–Crippen MR) is 280 cm³/mol. The Morgan fingerprint density at radius 3 is 0.652 bits per heavy atom. The predicted octanol–water partition coefficient (Wildman–Crippen LogP) is 16.9. The number of rotatable bonds is 6. The van der Waals surface area contributed by atoms with E-state index in [0.29, 0.717) is 0 Å². The Morgan fingerprint density at radius 2 is 0.439 bits per heavy atom. The van der Waals surface area contributed by atoms with Gasteiger partial charge in [-0.1, -0.05) is 127 Å². The second-order valence-electron chi connectivity index (χ2n) is 17.9. The molecule has 0 unspecified atom stereocenters. The minimum Gasteiger partial charge on any atom is -0.309 e. The van der Waals surface area contributed by atoms with Gasteiger partial charge in [-0.05, 0) is 162 Å². The van der Waals surface area contributed by atoms with Crippen molar-refractivity contribution < 1.29 is 0 Å². The van der Waals surface area contributed by atoms with E-state index >= 15 is 0 Å². The fourth-order valence-electron chi connectivity index (χ4n) is 11.0. The van der Waals surface area contributed by atoms with Gasteiger partial charge in [0.1, 0.15) is 0 Å². The fourth-order valence-corrected chi connectivity index (χ4v) is 11.0. The fraction of sp³-hybridized carbons (Fsp3) is 0.0476. The van der Waals surface area contributed by atoms with E-state index in [1.807, 2.05) is 0 Å². The highest BCUT2D eigenvalue weighted by atomic mass is 15.0. The largest absolute Gasteiger partial charge is 0.309 e. The third kappa shape index (κ3) is 5.83. The zero-order valence-electron chi connectivity index (χ0n) is 37.1. The first-order valence-corrected chi connectivity index (χ1v) is 22.9. The molecule has 0 fully saturated rings. The van der Waals surface area contributed by atoms with Gasteiger partial charge in [-0.3, -0.25) is 0 Å². The van der Waals surface area contributed by atoms with Gasteiger partial charge in [0.2, 0.25) is 0 Å². The maximum atomic E-state index is 2.41. The molecule has 0 aliphatic heterocycles. The van der Waals surface area contributed by atoms with Gasteiger partial charge < -0.3 is 13.7 Å². The summed E-state index contributed by atoms with van der Waals surface area (Å²) in [6.45, 7) is 6.78. The Balaban J connectivity index is 0.974. The highest BCUT2D eigenvalue weighted by Crippen LogP contribution is 2.41. The van der Waals surface area contributed by atoms with Crippen molar-refractivity contribution in [1.82, 2.24) is 13.7 Å². The molecule has 3 heterocycles. The normalized spacial score (nSPS) is 11.9. The molecule has 66 heavy (non-hydrogen) atoms. The third-order valence-corrected chi connectivity index (χ3v) is 14.0. The van der Waals surface area contributed by atoms with Gasteiger partial charge in [-0.2, -0.15) is 0 Å². The van der Waals surface area contributed by atoms with E-state index < -0.39 is 0 Å². The summed E-state index contributed by atoms with van der Waals surface area (Å²) in [5.41, 5.74) is 21.8. The van der Waals surface area contributed by atoms with Crippen LogP contribution >= 0.6 is 0 Å². The van der Waals surface area contributed by atoms with Crippen molar-refractivity contribution in [3.63, 3.8) is 0 Å². The highest BCUT2D eigenvalue weighted by molar-refractivity contribution is 6.11. The van der Waals surface area contributed by atoms with Gasteiger partial charge in [0.05, 0.1) is 33.1 Å². The third-order valence-electron chi connectivity index (χ3n) is 14.0.